The molecular weight excluding hydrogens is 458 g/mol. The van der Waals surface area contributed by atoms with Crippen LogP contribution in [0.5, 0.6) is 0 Å². The van der Waals surface area contributed by atoms with Crippen molar-refractivity contribution in [1.82, 2.24) is 14.5 Å². The third-order valence-electron chi connectivity index (χ3n) is 6.46. The van der Waals surface area contributed by atoms with Gasteiger partial charge in [0.1, 0.15) is 4.83 Å². The molecular formula is C24H27N3O2S3. The van der Waals surface area contributed by atoms with Crippen LogP contribution < -0.4 is 5.56 Å². The molecule has 1 aliphatic carbocycles. The summed E-state index contributed by atoms with van der Waals surface area (Å²) < 4.78 is 1.69. The number of thiophene rings is 2. The standard InChI is InChI=1S/C24H27N3O2S3/c1-3-10-27-23(29)21-16-9-8-15(2)13-19(16)32-22(21)25-24(27)31-14-20(28)26-11-4-6-17(26)18-7-5-12-30-18/h3,5,7,12,15,17H,1,4,6,8-11,13-14H2,2H3. The molecule has 0 radical (unpaired) electrons. The van der Waals surface area contributed by atoms with Crippen LogP contribution in [0.1, 0.15) is 47.5 Å². The Morgan fingerprint density at radius 3 is 3.06 bits per heavy atom. The monoisotopic (exact) mass is 485 g/mol. The van der Waals surface area contributed by atoms with Gasteiger partial charge in [0.05, 0.1) is 17.2 Å². The highest BCUT2D eigenvalue weighted by atomic mass is 32.2. The molecule has 5 rings (SSSR count). The number of amides is 1. The number of nitrogens with zero attached hydrogens (tertiary/aromatic N) is 3. The fourth-order valence-electron chi connectivity index (χ4n) is 4.86. The molecule has 0 bridgehead atoms. The van der Waals surface area contributed by atoms with Gasteiger partial charge in [-0.05, 0) is 55.0 Å². The van der Waals surface area contributed by atoms with E-state index in [1.165, 1.54) is 27.1 Å². The summed E-state index contributed by atoms with van der Waals surface area (Å²) in [7, 11) is 0. The number of rotatable bonds is 6. The van der Waals surface area contributed by atoms with Crippen LogP contribution in [0, 0.1) is 5.92 Å². The van der Waals surface area contributed by atoms with Crippen molar-refractivity contribution in [1.29, 1.82) is 0 Å². The molecule has 0 spiro atoms. The molecule has 32 heavy (non-hydrogen) atoms. The molecule has 0 N–H and O–H groups in total. The second-order valence-electron chi connectivity index (χ2n) is 8.68. The first-order valence-corrected chi connectivity index (χ1v) is 13.9. The van der Waals surface area contributed by atoms with Crippen molar-refractivity contribution in [3.63, 3.8) is 0 Å². The quantitative estimate of drug-likeness (QED) is 0.271. The maximum absolute atomic E-state index is 13.4. The molecule has 8 heteroatoms. The average molecular weight is 486 g/mol. The number of aryl methyl sites for hydroxylation is 1. The summed E-state index contributed by atoms with van der Waals surface area (Å²) in [6.45, 7) is 7.30. The van der Waals surface area contributed by atoms with E-state index in [1.807, 2.05) is 11.0 Å². The number of thioether (sulfide) groups is 1. The van der Waals surface area contributed by atoms with Gasteiger partial charge in [-0.3, -0.25) is 14.2 Å². The van der Waals surface area contributed by atoms with Gasteiger partial charge in [-0.1, -0.05) is 30.8 Å². The maximum atomic E-state index is 13.4. The van der Waals surface area contributed by atoms with Gasteiger partial charge < -0.3 is 4.90 Å². The predicted molar refractivity (Wildman–Crippen MR) is 134 cm³/mol. The third-order valence-corrected chi connectivity index (χ3v) is 9.54. The zero-order valence-corrected chi connectivity index (χ0v) is 20.7. The Morgan fingerprint density at radius 2 is 2.28 bits per heavy atom. The molecule has 1 aliphatic heterocycles. The van der Waals surface area contributed by atoms with Gasteiger partial charge in [0, 0.05) is 22.8 Å². The van der Waals surface area contributed by atoms with Crippen LogP contribution in [0.15, 0.2) is 40.1 Å². The highest BCUT2D eigenvalue weighted by molar-refractivity contribution is 7.99. The molecule has 1 amide bonds. The molecule has 3 aromatic heterocycles. The zero-order chi connectivity index (χ0) is 22.2. The number of hydrogen-bond acceptors (Lipinski definition) is 6. The van der Waals surface area contributed by atoms with Crippen molar-refractivity contribution in [2.45, 2.75) is 56.8 Å². The summed E-state index contributed by atoms with van der Waals surface area (Å²) in [5.74, 6) is 1.05. The first-order chi connectivity index (χ1) is 15.6. The lowest BCUT2D eigenvalue weighted by atomic mass is 9.89. The van der Waals surface area contributed by atoms with Crippen molar-refractivity contribution in [2.24, 2.45) is 5.92 Å². The molecule has 4 heterocycles. The molecule has 168 valence electrons. The fraction of sp³-hybridized carbons (Fsp3) is 0.458. The van der Waals surface area contributed by atoms with E-state index in [9.17, 15) is 9.59 Å². The van der Waals surface area contributed by atoms with Gasteiger partial charge in [-0.2, -0.15) is 0 Å². The van der Waals surface area contributed by atoms with Gasteiger partial charge in [0.2, 0.25) is 5.91 Å². The Hall–Kier alpha value is -1.90. The van der Waals surface area contributed by atoms with Crippen molar-refractivity contribution in [2.75, 3.05) is 12.3 Å². The van der Waals surface area contributed by atoms with E-state index in [-0.39, 0.29) is 17.5 Å². The second-order valence-corrected chi connectivity index (χ2v) is 11.7. The number of likely N-dealkylation sites (tertiary alicyclic amines) is 1. The Bertz CT molecular complexity index is 1210. The lowest BCUT2D eigenvalue weighted by molar-refractivity contribution is -0.129. The largest absolute Gasteiger partial charge is 0.334 e. The van der Waals surface area contributed by atoms with E-state index in [0.29, 0.717) is 23.4 Å². The normalized spacial score (nSPS) is 20.6. The summed E-state index contributed by atoms with van der Waals surface area (Å²) >= 11 is 4.75. The van der Waals surface area contributed by atoms with E-state index in [4.69, 9.17) is 4.98 Å². The minimum atomic E-state index is 0.00883. The average Bonchev–Trinajstić information content (AvgIpc) is 3.52. The number of aromatic nitrogens is 2. The van der Waals surface area contributed by atoms with E-state index < -0.39 is 0 Å². The number of carbonyl (C=O) groups is 1. The zero-order valence-electron chi connectivity index (χ0n) is 18.2. The molecule has 0 saturated carbocycles. The molecule has 3 aromatic rings. The predicted octanol–water partition coefficient (Wildman–Crippen LogP) is 5.29. The van der Waals surface area contributed by atoms with Crippen molar-refractivity contribution in [3.8, 4) is 0 Å². The van der Waals surface area contributed by atoms with E-state index in [0.717, 1.165) is 48.9 Å². The SMILES string of the molecule is C=CCn1c(SCC(=O)N2CCCC2c2cccs2)nc2sc3c(c2c1=O)CCC(C)C3. The summed E-state index contributed by atoms with van der Waals surface area (Å²) in [5, 5.41) is 3.47. The van der Waals surface area contributed by atoms with Gasteiger partial charge in [0.25, 0.3) is 5.56 Å². The van der Waals surface area contributed by atoms with Crippen LogP contribution in [0.4, 0.5) is 0 Å². The summed E-state index contributed by atoms with van der Waals surface area (Å²) in [4.78, 5) is 36.8. The van der Waals surface area contributed by atoms with Crippen LogP contribution in [-0.4, -0.2) is 32.7 Å². The molecule has 0 aromatic carbocycles. The van der Waals surface area contributed by atoms with Crippen LogP contribution in [0.2, 0.25) is 0 Å². The summed E-state index contributed by atoms with van der Waals surface area (Å²) in [5.41, 5.74) is 1.21. The van der Waals surface area contributed by atoms with Gasteiger partial charge >= 0.3 is 0 Å². The van der Waals surface area contributed by atoms with Crippen molar-refractivity contribution in [3.05, 3.63) is 55.8 Å². The second kappa shape index (κ2) is 9.15. The Labute approximate surface area is 200 Å². The molecule has 1 fully saturated rings. The van der Waals surface area contributed by atoms with Crippen molar-refractivity contribution >= 4 is 50.6 Å². The molecule has 2 unspecified atom stereocenters. The number of carbonyl (C=O) groups excluding carboxylic acids is 1. The van der Waals surface area contributed by atoms with E-state index in [2.05, 4.69) is 24.9 Å². The molecule has 2 atom stereocenters. The minimum Gasteiger partial charge on any atom is -0.334 e. The first kappa shape index (κ1) is 21.9. The molecule has 2 aliphatic rings. The minimum absolute atomic E-state index is 0.00883. The Morgan fingerprint density at radius 1 is 1.41 bits per heavy atom. The van der Waals surface area contributed by atoms with Crippen LogP contribution in [-0.2, 0) is 24.2 Å². The lowest BCUT2D eigenvalue weighted by Crippen LogP contribution is -2.32. The van der Waals surface area contributed by atoms with Crippen LogP contribution in [0.25, 0.3) is 10.2 Å². The molecule has 5 nitrogen and oxygen atoms in total. The maximum Gasteiger partial charge on any atom is 0.263 e. The fourth-order valence-corrected chi connectivity index (χ4v) is 8.05. The van der Waals surface area contributed by atoms with Crippen molar-refractivity contribution < 1.29 is 4.79 Å². The van der Waals surface area contributed by atoms with Gasteiger partial charge in [-0.15, -0.1) is 29.3 Å². The first-order valence-electron chi connectivity index (χ1n) is 11.2. The summed E-state index contributed by atoms with van der Waals surface area (Å²) in [6.07, 6.45) is 6.87. The van der Waals surface area contributed by atoms with E-state index in [1.54, 1.807) is 33.3 Å². The van der Waals surface area contributed by atoms with Crippen LogP contribution in [0.3, 0.4) is 0 Å². The topological polar surface area (TPSA) is 55.2 Å². The third kappa shape index (κ3) is 3.97. The van der Waals surface area contributed by atoms with Gasteiger partial charge in [0.15, 0.2) is 5.16 Å². The Balaban J connectivity index is 1.42. The Kier molecular flexibility index (Phi) is 6.27. The van der Waals surface area contributed by atoms with Crippen LogP contribution >= 0.6 is 34.4 Å². The smallest absolute Gasteiger partial charge is 0.263 e. The van der Waals surface area contributed by atoms with E-state index >= 15 is 0 Å². The number of allylic oxidation sites excluding steroid dienone is 1. The number of fused-ring (bicyclic) bond motifs is 3. The highest BCUT2D eigenvalue weighted by Crippen LogP contribution is 2.37. The highest BCUT2D eigenvalue weighted by Gasteiger charge is 2.31. The molecule has 1 saturated heterocycles. The van der Waals surface area contributed by atoms with Gasteiger partial charge in [-0.25, -0.2) is 4.98 Å². The number of hydrogen-bond donors (Lipinski definition) is 0. The lowest BCUT2D eigenvalue weighted by Gasteiger charge is -2.24. The summed E-state index contributed by atoms with van der Waals surface area (Å²) in [6, 6.07) is 4.34.